The predicted octanol–water partition coefficient (Wildman–Crippen LogP) is 2.42. The van der Waals surface area contributed by atoms with Gasteiger partial charge in [0.05, 0.1) is 6.10 Å². The number of carbonyl (C=O) groups excluding carboxylic acids is 1. The highest BCUT2D eigenvalue weighted by molar-refractivity contribution is 5.84. The molecule has 0 bridgehead atoms. The number of nitrogens with one attached hydrogen (secondary N) is 1. The van der Waals surface area contributed by atoms with Gasteiger partial charge < -0.3 is 14.6 Å². The molecule has 0 unspecified atom stereocenters. The molecule has 1 aromatic heterocycles. The zero-order chi connectivity index (χ0) is 17.1. The van der Waals surface area contributed by atoms with Gasteiger partial charge in [-0.2, -0.15) is 0 Å². The molecule has 2 fully saturated rings. The molecule has 0 saturated carbocycles. The van der Waals surface area contributed by atoms with Gasteiger partial charge in [-0.3, -0.25) is 9.69 Å². The van der Waals surface area contributed by atoms with Crippen molar-refractivity contribution in [3.63, 3.8) is 0 Å². The number of hydrogen-bond donors (Lipinski definition) is 1. The Morgan fingerprint density at radius 1 is 1.20 bits per heavy atom. The summed E-state index contributed by atoms with van der Waals surface area (Å²) in [6.07, 6.45) is 6.22. The SMILES string of the molecule is O=C(CCc1c[nH]c2ccccc12)N1CCN(C[C@@H]2CCCO2)CC1. The van der Waals surface area contributed by atoms with E-state index in [0.29, 0.717) is 12.5 Å². The molecule has 134 valence electrons. The lowest BCUT2D eigenvalue weighted by Gasteiger charge is -2.35. The van der Waals surface area contributed by atoms with Gasteiger partial charge in [-0.05, 0) is 30.9 Å². The number of carbonyl (C=O) groups is 1. The molecule has 0 spiro atoms. The lowest BCUT2D eigenvalue weighted by molar-refractivity contribution is -0.133. The quantitative estimate of drug-likeness (QED) is 0.909. The Kier molecular flexibility index (Phi) is 5.04. The van der Waals surface area contributed by atoms with Crippen LogP contribution in [0.25, 0.3) is 10.9 Å². The first-order chi connectivity index (χ1) is 12.3. The van der Waals surface area contributed by atoms with Crippen LogP contribution in [0.4, 0.5) is 0 Å². The van der Waals surface area contributed by atoms with Crippen molar-refractivity contribution in [2.45, 2.75) is 31.8 Å². The first kappa shape index (κ1) is 16.6. The lowest BCUT2D eigenvalue weighted by Crippen LogP contribution is -2.50. The molecule has 5 nitrogen and oxygen atoms in total. The fourth-order valence-corrected chi connectivity index (χ4v) is 3.99. The molecule has 2 saturated heterocycles. The lowest BCUT2D eigenvalue weighted by atomic mass is 10.1. The van der Waals surface area contributed by atoms with Gasteiger partial charge in [0.2, 0.25) is 5.91 Å². The van der Waals surface area contributed by atoms with E-state index in [1.807, 2.05) is 17.2 Å². The third-order valence-electron chi connectivity index (χ3n) is 5.49. The molecule has 2 aliphatic heterocycles. The second kappa shape index (κ2) is 7.58. The molecular formula is C20H27N3O2. The molecule has 2 aromatic rings. The molecule has 3 heterocycles. The number of amides is 1. The zero-order valence-electron chi connectivity index (χ0n) is 14.7. The van der Waals surface area contributed by atoms with Gasteiger partial charge in [0, 0.05) is 62.9 Å². The van der Waals surface area contributed by atoms with Crippen LogP contribution in [0.15, 0.2) is 30.5 Å². The second-order valence-corrected chi connectivity index (χ2v) is 7.18. The van der Waals surface area contributed by atoms with Gasteiger partial charge in [0.15, 0.2) is 0 Å². The van der Waals surface area contributed by atoms with Gasteiger partial charge in [0.1, 0.15) is 0 Å². The number of piperazine rings is 1. The van der Waals surface area contributed by atoms with E-state index in [0.717, 1.165) is 51.3 Å². The van der Waals surface area contributed by atoms with Crippen molar-refractivity contribution >= 4 is 16.8 Å². The number of benzene rings is 1. The number of H-pyrrole nitrogens is 1. The third-order valence-corrected chi connectivity index (χ3v) is 5.49. The molecular weight excluding hydrogens is 314 g/mol. The Hall–Kier alpha value is -1.85. The van der Waals surface area contributed by atoms with Crippen LogP contribution >= 0.6 is 0 Å². The topological polar surface area (TPSA) is 48.6 Å². The highest BCUT2D eigenvalue weighted by atomic mass is 16.5. The monoisotopic (exact) mass is 341 g/mol. The average Bonchev–Trinajstić information content (AvgIpc) is 3.30. The van der Waals surface area contributed by atoms with E-state index in [9.17, 15) is 4.79 Å². The van der Waals surface area contributed by atoms with Crippen LogP contribution in [0, 0.1) is 0 Å². The zero-order valence-corrected chi connectivity index (χ0v) is 14.7. The number of ether oxygens (including phenoxy) is 1. The van der Waals surface area contributed by atoms with Crippen molar-refractivity contribution in [2.24, 2.45) is 0 Å². The second-order valence-electron chi connectivity index (χ2n) is 7.18. The summed E-state index contributed by atoms with van der Waals surface area (Å²) in [7, 11) is 0. The molecule has 0 aliphatic carbocycles. The summed E-state index contributed by atoms with van der Waals surface area (Å²) in [4.78, 5) is 20.3. The van der Waals surface area contributed by atoms with Gasteiger partial charge >= 0.3 is 0 Å². The number of aromatic nitrogens is 1. The fraction of sp³-hybridized carbons (Fsp3) is 0.550. The summed E-state index contributed by atoms with van der Waals surface area (Å²) < 4.78 is 5.72. The van der Waals surface area contributed by atoms with E-state index in [4.69, 9.17) is 4.74 Å². The van der Waals surface area contributed by atoms with Crippen LogP contribution in [0.2, 0.25) is 0 Å². The van der Waals surface area contributed by atoms with E-state index in [2.05, 4.69) is 28.1 Å². The maximum absolute atomic E-state index is 12.6. The van der Waals surface area contributed by atoms with Gasteiger partial charge in [0.25, 0.3) is 0 Å². The number of aromatic amines is 1. The molecule has 5 heteroatoms. The summed E-state index contributed by atoms with van der Waals surface area (Å²) in [5.41, 5.74) is 2.38. The van der Waals surface area contributed by atoms with Crippen molar-refractivity contribution in [1.82, 2.24) is 14.8 Å². The van der Waals surface area contributed by atoms with E-state index in [1.165, 1.54) is 23.8 Å². The predicted molar refractivity (Wildman–Crippen MR) is 98.6 cm³/mol. The van der Waals surface area contributed by atoms with E-state index >= 15 is 0 Å². The Morgan fingerprint density at radius 2 is 2.04 bits per heavy atom. The summed E-state index contributed by atoms with van der Waals surface area (Å²) in [6, 6.07) is 8.28. The molecule has 4 rings (SSSR count). The third kappa shape index (κ3) is 3.88. The highest BCUT2D eigenvalue weighted by Crippen LogP contribution is 2.20. The number of nitrogens with zero attached hydrogens (tertiary/aromatic N) is 2. The number of aryl methyl sites for hydroxylation is 1. The fourth-order valence-electron chi connectivity index (χ4n) is 3.99. The average molecular weight is 341 g/mol. The van der Waals surface area contributed by atoms with Crippen LogP contribution in [0.5, 0.6) is 0 Å². The first-order valence-corrected chi connectivity index (χ1v) is 9.46. The number of hydrogen-bond acceptors (Lipinski definition) is 3. The van der Waals surface area contributed by atoms with Crippen molar-refractivity contribution < 1.29 is 9.53 Å². The number of para-hydroxylation sites is 1. The Labute approximate surface area is 148 Å². The first-order valence-electron chi connectivity index (χ1n) is 9.46. The van der Waals surface area contributed by atoms with E-state index in [-0.39, 0.29) is 5.91 Å². The maximum Gasteiger partial charge on any atom is 0.222 e. The van der Waals surface area contributed by atoms with Crippen molar-refractivity contribution in [3.8, 4) is 0 Å². The van der Waals surface area contributed by atoms with Crippen LogP contribution in [0.1, 0.15) is 24.8 Å². The summed E-state index contributed by atoms with van der Waals surface area (Å²) in [5.74, 6) is 0.280. The highest BCUT2D eigenvalue weighted by Gasteiger charge is 2.24. The minimum Gasteiger partial charge on any atom is -0.377 e. The van der Waals surface area contributed by atoms with E-state index in [1.54, 1.807) is 0 Å². The maximum atomic E-state index is 12.6. The van der Waals surface area contributed by atoms with Gasteiger partial charge in [-0.15, -0.1) is 0 Å². The Morgan fingerprint density at radius 3 is 2.84 bits per heavy atom. The Balaban J connectivity index is 1.25. The minimum absolute atomic E-state index is 0.280. The molecule has 1 aromatic carbocycles. The molecule has 1 amide bonds. The summed E-state index contributed by atoms with van der Waals surface area (Å²) in [6.45, 7) is 5.57. The standard InChI is InChI=1S/C20H27N3O2/c24-20(8-7-16-14-21-19-6-2-1-5-18(16)19)23-11-9-22(10-12-23)15-17-4-3-13-25-17/h1-2,5-6,14,17,21H,3-4,7-13,15H2/t17-/m0/s1. The van der Waals surface area contributed by atoms with E-state index < -0.39 is 0 Å². The number of rotatable bonds is 5. The van der Waals surface area contributed by atoms with Crippen LogP contribution < -0.4 is 0 Å². The Bertz CT molecular complexity index is 713. The molecule has 1 N–H and O–H groups in total. The smallest absolute Gasteiger partial charge is 0.222 e. The van der Waals surface area contributed by atoms with Crippen molar-refractivity contribution in [3.05, 3.63) is 36.0 Å². The molecule has 25 heavy (non-hydrogen) atoms. The summed E-state index contributed by atoms with van der Waals surface area (Å²) in [5, 5.41) is 1.23. The summed E-state index contributed by atoms with van der Waals surface area (Å²) >= 11 is 0. The minimum atomic E-state index is 0.280. The largest absolute Gasteiger partial charge is 0.377 e. The molecule has 2 aliphatic rings. The van der Waals surface area contributed by atoms with Crippen LogP contribution in [-0.2, 0) is 16.0 Å². The normalized spacial score (nSPS) is 21.9. The van der Waals surface area contributed by atoms with Crippen molar-refractivity contribution in [2.75, 3.05) is 39.3 Å². The van der Waals surface area contributed by atoms with Gasteiger partial charge in [-0.25, -0.2) is 0 Å². The van der Waals surface area contributed by atoms with Gasteiger partial charge in [-0.1, -0.05) is 18.2 Å². The van der Waals surface area contributed by atoms with Crippen molar-refractivity contribution in [1.29, 1.82) is 0 Å². The number of fused-ring (bicyclic) bond motifs is 1. The van der Waals surface area contributed by atoms with Crippen LogP contribution in [-0.4, -0.2) is 66.1 Å². The molecule has 1 atom stereocenters. The van der Waals surface area contributed by atoms with Crippen LogP contribution in [0.3, 0.4) is 0 Å². The molecule has 0 radical (unpaired) electrons.